The van der Waals surface area contributed by atoms with Gasteiger partial charge in [-0.2, -0.15) is 9.57 Å². The molecule has 1 N–H and O–H groups in total. The zero-order chi connectivity index (χ0) is 16.2. The van der Waals surface area contributed by atoms with Gasteiger partial charge < -0.3 is 9.84 Å². The van der Waals surface area contributed by atoms with Crippen LogP contribution in [-0.4, -0.2) is 44.5 Å². The Labute approximate surface area is 123 Å². The monoisotopic (exact) mass is 312 g/mol. The van der Waals surface area contributed by atoms with E-state index < -0.39 is 21.9 Å². The number of sulfonamides is 1. The molecule has 0 bridgehead atoms. The molecule has 0 aliphatic carbocycles. The van der Waals surface area contributed by atoms with Crippen LogP contribution in [0.2, 0.25) is 0 Å². The average molecular weight is 312 g/mol. The molecule has 1 aromatic rings. The smallest absolute Gasteiger partial charge is 0.341 e. The molecule has 0 aliphatic heterocycles. The van der Waals surface area contributed by atoms with Gasteiger partial charge in [-0.3, -0.25) is 0 Å². The topological polar surface area (TPSA) is 108 Å². The number of rotatable bonds is 5. The molecule has 0 saturated carbocycles. The fraction of sp³-hybridized carbons (Fsp3) is 0.385. The van der Waals surface area contributed by atoms with Crippen LogP contribution in [0.15, 0.2) is 23.1 Å². The standard InChI is InChI=1S/C13H16N2O5S/c1-9(7-14)8-15(2)21(18,19)10-4-5-12(16)11(6-10)13(17)20-3/h4-6,9,16H,8H2,1-3H3. The number of ether oxygens (including phenoxy) is 1. The highest BCUT2D eigenvalue weighted by Crippen LogP contribution is 2.24. The van der Waals surface area contributed by atoms with Gasteiger partial charge in [0.2, 0.25) is 10.0 Å². The van der Waals surface area contributed by atoms with Crippen LogP contribution in [0.25, 0.3) is 0 Å². The Balaban J connectivity index is 3.21. The van der Waals surface area contributed by atoms with E-state index >= 15 is 0 Å². The van der Waals surface area contributed by atoms with Crippen molar-refractivity contribution in [2.24, 2.45) is 5.92 Å². The van der Waals surface area contributed by atoms with E-state index in [0.29, 0.717) is 0 Å². The minimum atomic E-state index is -3.86. The molecule has 1 unspecified atom stereocenters. The quantitative estimate of drug-likeness (QED) is 0.811. The molecule has 1 atom stereocenters. The number of aromatic hydroxyl groups is 1. The lowest BCUT2D eigenvalue weighted by molar-refractivity contribution is 0.0597. The second kappa shape index (κ2) is 6.56. The van der Waals surface area contributed by atoms with Crippen LogP contribution < -0.4 is 0 Å². The fourth-order valence-corrected chi connectivity index (χ4v) is 2.94. The maximum absolute atomic E-state index is 12.3. The van der Waals surface area contributed by atoms with E-state index in [0.717, 1.165) is 23.5 Å². The Morgan fingerprint density at radius 3 is 2.67 bits per heavy atom. The molecule has 0 radical (unpaired) electrons. The second-order valence-electron chi connectivity index (χ2n) is 4.49. The predicted molar refractivity (Wildman–Crippen MR) is 74.0 cm³/mol. The molecule has 0 aromatic heterocycles. The van der Waals surface area contributed by atoms with Gasteiger partial charge in [-0.25, -0.2) is 13.2 Å². The Morgan fingerprint density at radius 1 is 1.52 bits per heavy atom. The molecule has 1 aromatic carbocycles. The van der Waals surface area contributed by atoms with Gasteiger partial charge in [0.1, 0.15) is 11.3 Å². The van der Waals surface area contributed by atoms with E-state index in [1.165, 1.54) is 13.1 Å². The predicted octanol–water partition coefficient (Wildman–Crippen LogP) is 0.959. The number of hydrogen-bond donors (Lipinski definition) is 1. The summed E-state index contributed by atoms with van der Waals surface area (Å²) < 4.78 is 30.2. The second-order valence-corrected chi connectivity index (χ2v) is 6.53. The van der Waals surface area contributed by atoms with E-state index in [4.69, 9.17) is 5.26 Å². The molecule has 114 valence electrons. The number of nitrogens with zero attached hydrogens (tertiary/aromatic N) is 2. The number of carbonyl (C=O) groups excluding carboxylic acids is 1. The van der Waals surface area contributed by atoms with Crippen molar-refractivity contribution in [3.05, 3.63) is 23.8 Å². The molecule has 0 amide bonds. The van der Waals surface area contributed by atoms with Crippen LogP contribution in [0.3, 0.4) is 0 Å². The van der Waals surface area contributed by atoms with Gasteiger partial charge in [-0.15, -0.1) is 0 Å². The fourth-order valence-electron chi connectivity index (χ4n) is 1.65. The Morgan fingerprint density at radius 2 is 2.14 bits per heavy atom. The first-order valence-electron chi connectivity index (χ1n) is 6.01. The molecule has 0 spiro atoms. The summed E-state index contributed by atoms with van der Waals surface area (Å²) in [5.74, 6) is -1.67. The molecule has 0 fully saturated rings. The summed E-state index contributed by atoms with van der Waals surface area (Å²) >= 11 is 0. The van der Waals surface area contributed by atoms with Crippen molar-refractivity contribution in [3.63, 3.8) is 0 Å². The number of phenolic OH excluding ortho intramolecular Hbond substituents is 1. The summed E-state index contributed by atoms with van der Waals surface area (Å²) in [5.41, 5.74) is -0.236. The molecular weight excluding hydrogens is 296 g/mol. The number of benzene rings is 1. The van der Waals surface area contributed by atoms with E-state index in [9.17, 15) is 18.3 Å². The molecule has 0 saturated heterocycles. The van der Waals surface area contributed by atoms with Crippen LogP contribution in [0.4, 0.5) is 0 Å². The lowest BCUT2D eigenvalue weighted by atomic mass is 10.2. The van der Waals surface area contributed by atoms with Crippen molar-refractivity contribution in [3.8, 4) is 11.8 Å². The lowest BCUT2D eigenvalue weighted by Gasteiger charge is -2.18. The minimum Gasteiger partial charge on any atom is -0.507 e. The maximum atomic E-state index is 12.3. The first kappa shape index (κ1) is 16.9. The average Bonchev–Trinajstić information content (AvgIpc) is 2.46. The van der Waals surface area contributed by atoms with E-state index in [-0.39, 0.29) is 22.8 Å². The minimum absolute atomic E-state index is 0.0211. The zero-order valence-corrected chi connectivity index (χ0v) is 12.7. The molecule has 7 nitrogen and oxygen atoms in total. The number of esters is 1. The van der Waals surface area contributed by atoms with Crippen molar-refractivity contribution in [1.29, 1.82) is 5.26 Å². The third-order valence-corrected chi connectivity index (χ3v) is 4.65. The number of methoxy groups -OCH3 is 1. The van der Waals surface area contributed by atoms with Gasteiger partial charge >= 0.3 is 5.97 Å². The molecule has 1 rings (SSSR count). The first-order valence-corrected chi connectivity index (χ1v) is 7.45. The SMILES string of the molecule is COC(=O)c1cc(S(=O)(=O)N(C)CC(C)C#N)ccc1O. The van der Waals surface area contributed by atoms with Crippen LogP contribution >= 0.6 is 0 Å². The highest BCUT2D eigenvalue weighted by atomic mass is 32.2. The van der Waals surface area contributed by atoms with Crippen molar-refractivity contribution in [2.75, 3.05) is 20.7 Å². The number of phenols is 1. The van der Waals surface area contributed by atoms with Gasteiger partial charge in [-0.05, 0) is 25.1 Å². The van der Waals surface area contributed by atoms with Crippen molar-refractivity contribution >= 4 is 16.0 Å². The zero-order valence-electron chi connectivity index (χ0n) is 11.9. The molecular formula is C13H16N2O5S. The van der Waals surface area contributed by atoms with Gasteiger partial charge in [0, 0.05) is 13.6 Å². The normalized spacial score (nSPS) is 12.7. The van der Waals surface area contributed by atoms with Crippen molar-refractivity contribution in [1.82, 2.24) is 4.31 Å². The van der Waals surface area contributed by atoms with E-state index in [1.807, 2.05) is 6.07 Å². The first-order chi connectivity index (χ1) is 9.73. The highest BCUT2D eigenvalue weighted by molar-refractivity contribution is 7.89. The van der Waals surface area contributed by atoms with Crippen LogP contribution in [0.1, 0.15) is 17.3 Å². The maximum Gasteiger partial charge on any atom is 0.341 e. The third kappa shape index (κ3) is 3.71. The summed E-state index contributed by atoms with van der Waals surface area (Å²) in [6.07, 6.45) is 0. The Kier molecular flexibility index (Phi) is 5.29. The lowest BCUT2D eigenvalue weighted by Crippen LogP contribution is -2.30. The third-order valence-electron chi connectivity index (χ3n) is 2.83. The van der Waals surface area contributed by atoms with Crippen molar-refractivity contribution in [2.45, 2.75) is 11.8 Å². The van der Waals surface area contributed by atoms with E-state index in [2.05, 4.69) is 4.74 Å². The summed E-state index contributed by atoms with van der Waals surface area (Å²) in [7, 11) is -1.39. The van der Waals surface area contributed by atoms with Crippen LogP contribution in [0, 0.1) is 17.2 Å². The summed E-state index contributed by atoms with van der Waals surface area (Å²) in [5, 5.41) is 18.3. The highest BCUT2D eigenvalue weighted by Gasteiger charge is 2.24. The van der Waals surface area contributed by atoms with E-state index in [1.54, 1.807) is 6.92 Å². The number of hydrogen-bond acceptors (Lipinski definition) is 6. The summed E-state index contributed by atoms with van der Waals surface area (Å²) in [4.78, 5) is 11.3. The Bertz CT molecular complexity index is 678. The molecule has 0 heterocycles. The summed E-state index contributed by atoms with van der Waals surface area (Å²) in [6.45, 7) is 1.62. The molecule has 21 heavy (non-hydrogen) atoms. The van der Waals surface area contributed by atoms with Gasteiger partial charge in [0.05, 0.1) is 24.0 Å². The van der Waals surface area contributed by atoms with Crippen LogP contribution in [0.5, 0.6) is 5.75 Å². The molecule has 0 aliphatic rings. The van der Waals surface area contributed by atoms with Gasteiger partial charge in [-0.1, -0.05) is 0 Å². The van der Waals surface area contributed by atoms with Crippen LogP contribution in [-0.2, 0) is 14.8 Å². The number of carbonyl (C=O) groups is 1. The summed E-state index contributed by atoms with van der Waals surface area (Å²) in [6, 6.07) is 5.29. The van der Waals surface area contributed by atoms with Gasteiger partial charge in [0.15, 0.2) is 0 Å². The van der Waals surface area contributed by atoms with Crippen molar-refractivity contribution < 1.29 is 23.1 Å². The molecule has 8 heteroatoms. The number of nitriles is 1. The Hall–Kier alpha value is -2.11. The van der Waals surface area contributed by atoms with Gasteiger partial charge in [0.25, 0.3) is 0 Å². The largest absolute Gasteiger partial charge is 0.507 e.